The smallest absolute Gasteiger partial charge is 0.266 e. The van der Waals surface area contributed by atoms with Gasteiger partial charge in [-0.1, -0.05) is 36.4 Å². The molecule has 0 aromatic heterocycles. The number of methoxy groups -OCH3 is 1. The SMILES string of the molecule is CCOc1cc(/C=C(\C#N)C(=O)Nc2ccc3ccccc3c2)ccc1OC. The van der Waals surface area contributed by atoms with Crippen LogP contribution in [0.4, 0.5) is 5.69 Å². The van der Waals surface area contributed by atoms with Crippen LogP contribution in [-0.2, 0) is 4.79 Å². The number of carbonyl (C=O) groups is 1. The summed E-state index contributed by atoms with van der Waals surface area (Å²) in [6, 6.07) is 20.7. The predicted octanol–water partition coefficient (Wildman–Crippen LogP) is 4.79. The van der Waals surface area contributed by atoms with E-state index in [9.17, 15) is 10.1 Å². The Bertz CT molecular complexity index is 1080. The summed E-state index contributed by atoms with van der Waals surface area (Å²) in [5.41, 5.74) is 1.31. The topological polar surface area (TPSA) is 71.3 Å². The first kappa shape index (κ1) is 19.0. The number of amides is 1. The van der Waals surface area contributed by atoms with Crippen LogP contribution in [0.1, 0.15) is 12.5 Å². The van der Waals surface area contributed by atoms with Gasteiger partial charge in [-0.25, -0.2) is 0 Å². The Morgan fingerprint density at radius 2 is 1.86 bits per heavy atom. The molecule has 0 aliphatic carbocycles. The van der Waals surface area contributed by atoms with Gasteiger partial charge >= 0.3 is 0 Å². The van der Waals surface area contributed by atoms with E-state index in [1.807, 2.05) is 55.5 Å². The third-order valence-electron chi connectivity index (χ3n) is 4.17. The Kier molecular flexibility index (Phi) is 5.93. The molecular weight excluding hydrogens is 352 g/mol. The number of nitrogens with one attached hydrogen (secondary N) is 1. The zero-order valence-corrected chi connectivity index (χ0v) is 15.7. The summed E-state index contributed by atoms with van der Waals surface area (Å²) < 4.78 is 10.8. The molecule has 0 aliphatic rings. The number of carbonyl (C=O) groups excluding carboxylic acids is 1. The van der Waals surface area contributed by atoms with Gasteiger partial charge in [0.25, 0.3) is 5.91 Å². The largest absolute Gasteiger partial charge is 0.493 e. The van der Waals surface area contributed by atoms with E-state index >= 15 is 0 Å². The maximum atomic E-state index is 12.6. The molecule has 1 N–H and O–H groups in total. The summed E-state index contributed by atoms with van der Waals surface area (Å²) in [6.45, 7) is 2.36. The van der Waals surface area contributed by atoms with Crippen LogP contribution in [0.25, 0.3) is 16.8 Å². The van der Waals surface area contributed by atoms with Crippen molar-refractivity contribution in [2.75, 3.05) is 19.0 Å². The van der Waals surface area contributed by atoms with E-state index in [-0.39, 0.29) is 5.57 Å². The van der Waals surface area contributed by atoms with Crippen LogP contribution in [0.15, 0.2) is 66.2 Å². The summed E-state index contributed by atoms with van der Waals surface area (Å²) in [5.74, 6) is 0.690. The Morgan fingerprint density at radius 3 is 2.57 bits per heavy atom. The molecular formula is C23H20N2O3. The maximum absolute atomic E-state index is 12.6. The number of rotatable bonds is 6. The average Bonchev–Trinajstić information content (AvgIpc) is 2.72. The highest BCUT2D eigenvalue weighted by molar-refractivity contribution is 6.10. The van der Waals surface area contributed by atoms with Gasteiger partial charge in [0.2, 0.25) is 0 Å². The van der Waals surface area contributed by atoms with Crippen molar-refractivity contribution < 1.29 is 14.3 Å². The quantitative estimate of drug-likeness (QED) is 0.499. The van der Waals surface area contributed by atoms with Gasteiger partial charge in [0.15, 0.2) is 11.5 Å². The molecule has 0 bridgehead atoms. The second-order valence-corrected chi connectivity index (χ2v) is 6.03. The highest BCUT2D eigenvalue weighted by Gasteiger charge is 2.11. The Labute approximate surface area is 163 Å². The molecule has 28 heavy (non-hydrogen) atoms. The Balaban J connectivity index is 1.84. The number of anilines is 1. The minimum Gasteiger partial charge on any atom is -0.493 e. The van der Waals surface area contributed by atoms with E-state index in [0.717, 1.165) is 10.8 Å². The van der Waals surface area contributed by atoms with Crippen molar-refractivity contribution in [3.8, 4) is 17.6 Å². The molecule has 0 saturated heterocycles. The lowest BCUT2D eigenvalue weighted by atomic mass is 10.1. The molecule has 0 saturated carbocycles. The number of benzene rings is 3. The molecule has 0 heterocycles. The molecule has 3 aromatic carbocycles. The first-order valence-electron chi connectivity index (χ1n) is 8.87. The van der Waals surface area contributed by atoms with Crippen molar-refractivity contribution in [1.82, 2.24) is 0 Å². The molecule has 0 aliphatic heterocycles. The van der Waals surface area contributed by atoms with E-state index in [4.69, 9.17) is 9.47 Å². The first-order chi connectivity index (χ1) is 13.6. The van der Waals surface area contributed by atoms with E-state index in [2.05, 4.69) is 5.32 Å². The van der Waals surface area contributed by atoms with Crippen molar-refractivity contribution >= 4 is 28.4 Å². The van der Waals surface area contributed by atoms with Crippen molar-refractivity contribution in [3.63, 3.8) is 0 Å². The zero-order chi connectivity index (χ0) is 19.9. The summed E-state index contributed by atoms with van der Waals surface area (Å²) in [4.78, 5) is 12.6. The van der Waals surface area contributed by atoms with Gasteiger partial charge in [0, 0.05) is 5.69 Å². The summed E-state index contributed by atoms with van der Waals surface area (Å²) in [6.07, 6.45) is 1.53. The Hall–Kier alpha value is -3.78. The molecule has 0 atom stereocenters. The average molecular weight is 372 g/mol. The predicted molar refractivity (Wildman–Crippen MR) is 110 cm³/mol. The van der Waals surface area contributed by atoms with E-state index in [1.54, 1.807) is 25.3 Å². The minimum atomic E-state index is -0.466. The molecule has 3 rings (SSSR count). The fraction of sp³-hybridized carbons (Fsp3) is 0.130. The van der Waals surface area contributed by atoms with Crippen molar-refractivity contribution in [2.24, 2.45) is 0 Å². The molecule has 5 nitrogen and oxygen atoms in total. The van der Waals surface area contributed by atoms with Gasteiger partial charge in [0.1, 0.15) is 11.6 Å². The van der Waals surface area contributed by atoms with E-state index in [0.29, 0.717) is 29.4 Å². The fourth-order valence-corrected chi connectivity index (χ4v) is 2.83. The lowest BCUT2D eigenvalue weighted by molar-refractivity contribution is -0.112. The first-order valence-corrected chi connectivity index (χ1v) is 8.87. The number of fused-ring (bicyclic) bond motifs is 1. The molecule has 0 spiro atoms. The lowest BCUT2D eigenvalue weighted by Gasteiger charge is -2.10. The highest BCUT2D eigenvalue weighted by atomic mass is 16.5. The Morgan fingerprint density at radius 1 is 1.07 bits per heavy atom. The van der Waals surface area contributed by atoms with Gasteiger partial charge in [-0.05, 0) is 53.6 Å². The number of nitrogens with zero attached hydrogens (tertiary/aromatic N) is 1. The van der Waals surface area contributed by atoms with E-state index < -0.39 is 5.91 Å². The van der Waals surface area contributed by atoms with Crippen molar-refractivity contribution in [3.05, 3.63) is 71.8 Å². The lowest BCUT2D eigenvalue weighted by Crippen LogP contribution is -2.13. The van der Waals surface area contributed by atoms with Crippen LogP contribution in [-0.4, -0.2) is 19.6 Å². The normalized spacial score (nSPS) is 11.0. The highest BCUT2D eigenvalue weighted by Crippen LogP contribution is 2.29. The van der Waals surface area contributed by atoms with Crippen LogP contribution in [0.3, 0.4) is 0 Å². The second kappa shape index (κ2) is 8.74. The molecule has 140 valence electrons. The van der Waals surface area contributed by atoms with Gasteiger partial charge in [-0.15, -0.1) is 0 Å². The summed E-state index contributed by atoms with van der Waals surface area (Å²) in [7, 11) is 1.56. The van der Waals surface area contributed by atoms with Crippen LogP contribution in [0, 0.1) is 11.3 Å². The van der Waals surface area contributed by atoms with Gasteiger partial charge in [-0.2, -0.15) is 5.26 Å². The standard InChI is InChI=1S/C23H20N2O3/c1-3-28-22-13-16(8-11-21(22)27-2)12-19(15-24)23(26)25-20-10-9-17-6-4-5-7-18(17)14-20/h4-14H,3H2,1-2H3,(H,25,26)/b19-12+. The van der Waals surface area contributed by atoms with Crippen molar-refractivity contribution in [1.29, 1.82) is 5.26 Å². The molecule has 1 amide bonds. The molecule has 0 unspecified atom stereocenters. The van der Waals surface area contributed by atoms with Gasteiger partial charge in [0.05, 0.1) is 13.7 Å². The monoisotopic (exact) mass is 372 g/mol. The van der Waals surface area contributed by atoms with Gasteiger partial charge in [-0.3, -0.25) is 4.79 Å². The number of hydrogen-bond acceptors (Lipinski definition) is 4. The zero-order valence-electron chi connectivity index (χ0n) is 15.7. The maximum Gasteiger partial charge on any atom is 0.266 e. The molecule has 0 fully saturated rings. The fourth-order valence-electron chi connectivity index (χ4n) is 2.83. The molecule has 5 heteroatoms. The van der Waals surface area contributed by atoms with Gasteiger partial charge < -0.3 is 14.8 Å². The third-order valence-corrected chi connectivity index (χ3v) is 4.17. The van der Waals surface area contributed by atoms with E-state index in [1.165, 1.54) is 6.08 Å². The van der Waals surface area contributed by atoms with Crippen LogP contribution >= 0.6 is 0 Å². The summed E-state index contributed by atoms with van der Waals surface area (Å²) in [5, 5.41) is 14.3. The summed E-state index contributed by atoms with van der Waals surface area (Å²) >= 11 is 0. The van der Waals surface area contributed by atoms with Crippen molar-refractivity contribution in [2.45, 2.75) is 6.92 Å². The molecule has 0 radical (unpaired) electrons. The number of ether oxygens (including phenoxy) is 2. The van der Waals surface area contributed by atoms with Crippen LogP contribution in [0.5, 0.6) is 11.5 Å². The minimum absolute atomic E-state index is 0.000717. The second-order valence-electron chi connectivity index (χ2n) is 6.03. The molecule has 3 aromatic rings. The third kappa shape index (κ3) is 4.30. The number of hydrogen-bond donors (Lipinski definition) is 1. The number of nitriles is 1. The van der Waals surface area contributed by atoms with Crippen LogP contribution < -0.4 is 14.8 Å². The van der Waals surface area contributed by atoms with Crippen LogP contribution in [0.2, 0.25) is 0 Å².